The summed E-state index contributed by atoms with van der Waals surface area (Å²) in [6.45, 7) is 3.72. The zero-order valence-corrected chi connectivity index (χ0v) is 16.6. The Kier molecular flexibility index (Phi) is 4.74. The summed E-state index contributed by atoms with van der Waals surface area (Å²) in [7, 11) is 0. The molecule has 1 N–H and O–H groups in total. The number of imidazole rings is 1. The summed E-state index contributed by atoms with van der Waals surface area (Å²) in [5, 5.41) is 6.23. The molecule has 9 heteroatoms. The number of carbonyl (C=O) groups excluding carboxylic acids is 1. The molecule has 0 radical (unpaired) electrons. The van der Waals surface area contributed by atoms with Crippen LogP contribution in [0.1, 0.15) is 27.4 Å². The van der Waals surface area contributed by atoms with E-state index in [4.69, 9.17) is 11.6 Å². The van der Waals surface area contributed by atoms with Crippen molar-refractivity contribution in [1.29, 1.82) is 0 Å². The van der Waals surface area contributed by atoms with Gasteiger partial charge in [0.2, 0.25) is 0 Å². The van der Waals surface area contributed by atoms with Crippen LogP contribution in [0.15, 0.2) is 47.0 Å². The van der Waals surface area contributed by atoms with Crippen LogP contribution in [-0.4, -0.2) is 26.1 Å². The molecule has 0 saturated heterocycles. The first kappa shape index (κ1) is 18.4. The quantitative estimate of drug-likeness (QED) is 0.397. The molecule has 3 heterocycles. The molecule has 0 bridgehead atoms. The lowest BCUT2D eigenvalue weighted by molar-refractivity contribution is 0.0954. The Morgan fingerprint density at radius 3 is 2.82 bits per heavy atom. The number of aromatic nitrogens is 3. The molecule has 0 fully saturated rings. The Morgan fingerprint density at radius 1 is 1.32 bits per heavy atom. The summed E-state index contributed by atoms with van der Waals surface area (Å²) in [6.07, 6.45) is 3.30. The number of aryl methyl sites for hydroxylation is 1. The molecule has 3 aromatic heterocycles. The number of benzene rings is 1. The van der Waals surface area contributed by atoms with Gasteiger partial charge >= 0.3 is 0 Å². The van der Waals surface area contributed by atoms with Crippen molar-refractivity contribution in [2.75, 3.05) is 0 Å². The van der Waals surface area contributed by atoms with E-state index in [1.165, 1.54) is 29.7 Å². The third-order valence-corrected chi connectivity index (χ3v) is 5.40. The van der Waals surface area contributed by atoms with Gasteiger partial charge in [-0.15, -0.1) is 11.3 Å². The molecule has 0 atom stereocenters. The molecule has 142 valence electrons. The Bertz CT molecular complexity index is 1210. The van der Waals surface area contributed by atoms with Gasteiger partial charge < -0.3 is 4.57 Å². The zero-order valence-electron chi connectivity index (χ0n) is 15.0. The molecule has 28 heavy (non-hydrogen) atoms. The van der Waals surface area contributed by atoms with E-state index in [2.05, 4.69) is 15.5 Å². The van der Waals surface area contributed by atoms with Gasteiger partial charge in [0.05, 0.1) is 11.8 Å². The average Bonchev–Trinajstić information content (AvgIpc) is 3.31. The maximum Gasteiger partial charge on any atom is 0.273 e. The van der Waals surface area contributed by atoms with E-state index < -0.39 is 0 Å². The van der Waals surface area contributed by atoms with E-state index in [1.807, 2.05) is 30.0 Å². The van der Waals surface area contributed by atoms with Gasteiger partial charge in [-0.2, -0.15) is 5.10 Å². The fraction of sp³-hybridized carbons (Fsp3) is 0.105. The average molecular weight is 416 g/mol. The van der Waals surface area contributed by atoms with Crippen LogP contribution in [0, 0.1) is 19.7 Å². The van der Waals surface area contributed by atoms with Crippen LogP contribution in [0.5, 0.6) is 0 Å². The second-order valence-electron chi connectivity index (χ2n) is 6.14. The van der Waals surface area contributed by atoms with Crippen molar-refractivity contribution in [1.82, 2.24) is 19.4 Å². The van der Waals surface area contributed by atoms with Crippen LogP contribution < -0.4 is 5.43 Å². The number of rotatable bonds is 4. The summed E-state index contributed by atoms with van der Waals surface area (Å²) in [5.74, 6) is -0.656. The van der Waals surface area contributed by atoms with E-state index in [0.717, 1.165) is 22.0 Å². The predicted octanol–water partition coefficient (Wildman–Crippen LogP) is 4.36. The van der Waals surface area contributed by atoms with Crippen molar-refractivity contribution in [2.24, 2.45) is 5.10 Å². The Morgan fingerprint density at radius 2 is 2.07 bits per heavy atom. The van der Waals surface area contributed by atoms with E-state index in [0.29, 0.717) is 16.4 Å². The number of amides is 1. The highest BCUT2D eigenvalue weighted by Crippen LogP contribution is 2.22. The van der Waals surface area contributed by atoms with Gasteiger partial charge in [-0.05, 0) is 44.2 Å². The van der Waals surface area contributed by atoms with Gasteiger partial charge in [0, 0.05) is 28.7 Å². The van der Waals surface area contributed by atoms with Gasteiger partial charge in [-0.3, -0.25) is 9.20 Å². The highest BCUT2D eigenvalue weighted by Gasteiger charge is 2.16. The van der Waals surface area contributed by atoms with Crippen molar-refractivity contribution < 1.29 is 9.18 Å². The van der Waals surface area contributed by atoms with Crippen LogP contribution in [0.2, 0.25) is 5.15 Å². The molecule has 0 aliphatic heterocycles. The van der Waals surface area contributed by atoms with Crippen molar-refractivity contribution in [3.05, 3.63) is 75.5 Å². The molecule has 0 spiro atoms. The fourth-order valence-corrected chi connectivity index (χ4v) is 4.08. The Hall–Kier alpha value is -2.97. The summed E-state index contributed by atoms with van der Waals surface area (Å²) in [4.78, 5) is 17.6. The molecular weight excluding hydrogens is 401 g/mol. The lowest BCUT2D eigenvalue weighted by Crippen LogP contribution is -2.18. The van der Waals surface area contributed by atoms with Crippen molar-refractivity contribution in [3.63, 3.8) is 0 Å². The first-order valence-electron chi connectivity index (χ1n) is 8.35. The zero-order chi connectivity index (χ0) is 19.8. The molecule has 0 unspecified atom stereocenters. The fourth-order valence-electron chi connectivity index (χ4n) is 3.08. The first-order chi connectivity index (χ1) is 13.5. The Balaban J connectivity index is 1.57. The second-order valence-corrected chi connectivity index (χ2v) is 7.37. The summed E-state index contributed by atoms with van der Waals surface area (Å²) in [6, 6.07) is 7.88. The molecule has 0 aliphatic rings. The number of hydrogen-bond donors (Lipinski definition) is 1. The van der Waals surface area contributed by atoms with Crippen LogP contribution in [0.3, 0.4) is 0 Å². The number of nitrogens with one attached hydrogen (secondary N) is 1. The minimum Gasteiger partial charge on any atom is -0.318 e. The van der Waals surface area contributed by atoms with Gasteiger partial charge in [-0.1, -0.05) is 11.6 Å². The van der Waals surface area contributed by atoms with Crippen molar-refractivity contribution >= 4 is 40.0 Å². The van der Waals surface area contributed by atoms with Crippen molar-refractivity contribution in [2.45, 2.75) is 13.8 Å². The number of nitrogens with zero attached hydrogens (tertiary/aromatic N) is 4. The number of thiazole rings is 1. The summed E-state index contributed by atoms with van der Waals surface area (Å²) < 4.78 is 16.9. The predicted molar refractivity (Wildman–Crippen MR) is 108 cm³/mol. The first-order valence-corrected chi connectivity index (χ1v) is 9.61. The maximum absolute atomic E-state index is 13.2. The van der Waals surface area contributed by atoms with E-state index in [-0.39, 0.29) is 11.7 Å². The van der Waals surface area contributed by atoms with Gasteiger partial charge in [0.1, 0.15) is 11.5 Å². The normalized spacial score (nSPS) is 11.6. The minimum absolute atomic E-state index is 0.309. The third kappa shape index (κ3) is 3.21. The third-order valence-electron chi connectivity index (χ3n) is 4.37. The highest BCUT2D eigenvalue weighted by atomic mass is 35.5. The van der Waals surface area contributed by atoms with Crippen LogP contribution in [0.25, 0.3) is 10.6 Å². The summed E-state index contributed by atoms with van der Waals surface area (Å²) in [5.41, 5.74) is 5.98. The maximum atomic E-state index is 13.2. The van der Waals surface area contributed by atoms with Crippen LogP contribution in [0.4, 0.5) is 4.39 Å². The molecule has 4 aromatic rings. The molecule has 0 saturated carbocycles. The molecule has 0 aliphatic carbocycles. The molecule has 4 rings (SSSR count). The molecule has 6 nitrogen and oxygen atoms in total. The number of halogens is 2. The Labute approximate surface area is 168 Å². The molecule has 1 aromatic carbocycles. The summed E-state index contributed by atoms with van der Waals surface area (Å²) >= 11 is 7.57. The largest absolute Gasteiger partial charge is 0.318 e. The van der Waals surface area contributed by atoms with Crippen LogP contribution >= 0.6 is 22.9 Å². The van der Waals surface area contributed by atoms with Crippen LogP contribution in [-0.2, 0) is 0 Å². The minimum atomic E-state index is -0.347. The number of fused-ring (bicyclic) bond motifs is 1. The highest BCUT2D eigenvalue weighted by molar-refractivity contribution is 7.15. The van der Waals surface area contributed by atoms with Crippen molar-refractivity contribution in [3.8, 4) is 5.69 Å². The second kappa shape index (κ2) is 7.21. The number of carbonyl (C=O) groups is 1. The molecule has 1 amide bonds. The number of hydrazone groups is 1. The molecular formula is C19H15ClFN5OS. The van der Waals surface area contributed by atoms with E-state index in [9.17, 15) is 9.18 Å². The van der Waals surface area contributed by atoms with Gasteiger partial charge in [0.25, 0.3) is 5.91 Å². The standard InChI is InChI=1S/C19H15ClFN5OS/c1-11-9-15(12(2)26(11)14-5-3-13(21)4-6-14)18(27)24-22-10-16-17(20)23-19-25(16)7-8-28-19/h3-10H,1-2H3,(H,24,27)/b22-10+. The van der Waals surface area contributed by atoms with E-state index in [1.54, 1.807) is 22.6 Å². The monoisotopic (exact) mass is 415 g/mol. The van der Waals surface area contributed by atoms with E-state index >= 15 is 0 Å². The van der Waals surface area contributed by atoms with Gasteiger partial charge in [-0.25, -0.2) is 14.8 Å². The SMILES string of the molecule is Cc1cc(C(=O)N/N=C/c2c(Cl)nc3sccn23)c(C)n1-c1ccc(F)cc1. The lowest BCUT2D eigenvalue weighted by Gasteiger charge is -2.09. The topological polar surface area (TPSA) is 63.7 Å². The van der Waals surface area contributed by atoms with Gasteiger partial charge in [0.15, 0.2) is 10.1 Å². The smallest absolute Gasteiger partial charge is 0.273 e. The lowest BCUT2D eigenvalue weighted by atomic mass is 10.2. The number of hydrogen-bond acceptors (Lipinski definition) is 4.